The topological polar surface area (TPSA) is 56.7 Å². The molecule has 1 aliphatic rings. The Morgan fingerprint density at radius 2 is 1.60 bits per heavy atom. The van der Waals surface area contributed by atoms with Crippen molar-refractivity contribution < 1.29 is 40.6 Å². The summed E-state index contributed by atoms with van der Waals surface area (Å²) in [4.78, 5) is 20.8. The van der Waals surface area contributed by atoms with E-state index in [1.54, 1.807) is 12.4 Å². The van der Waals surface area contributed by atoms with E-state index >= 15 is 0 Å². The summed E-state index contributed by atoms with van der Waals surface area (Å²) < 4.78 is 94.1. The van der Waals surface area contributed by atoms with Crippen LogP contribution >= 0.6 is 24.8 Å². The van der Waals surface area contributed by atoms with Gasteiger partial charge in [0, 0.05) is 43.6 Å². The molecule has 230 valence electrons. The summed E-state index contributed by atoms with van der Waals surface area (Å²) in [6, 6.07) is 7.59. The number of carbonyl (C=O) groups excluding carboxylic acids is 1. The van der Waals surface area contributed by atoms with E-state index in [1.807, 2.05) is 12.1 Å². The molecule has 1 amide bonds. The van der Waals surface area contributed by atoms with Gasteiger partial charge in [0.05, 0.1) is 11.1 Å². The summed E-state index contributed by atoms with van der Waals surface area (Å²) in [7, 11) is 0. The number of phenols is 1. The molecule has 5 nitrogen and oxygen atoms in total. The van der Waals surface area contributed by atoms with Crippen molar-refractivity contribution in [3.05, 3.63) is 94.6 Å². The number of rotatable bonds is 7. The molecular weight excluding hydrogens is 614 g/mol. The van der Waals surface area contributed by atoms with Gasteiger partial charge in [0.2, 0.25) is 0 Å². The number of piperazine rings is 1. The maximum Gasteiger partial charge on any atom is 0.416 e. The van der Waals surface area contributed by atoms with E-state index in [4.69, 9.17) is 0 Å². The SMILES string of the molecule is Cl.Cl.O=C(c1cc(C(F)(F)F)cc(C(F)(F)F)c1)N1CCN(CCCc2cccnc2)C[C@H]1Cc1ccc(F)c(O)c1. The van der Waals surface area contributed by atoms with Gasteiger partial charge in [-0.1, -0.05) is 12.1 Å². The zero-order chi connectivity index (χ0) is 29.1. The largest absolute Gasteiger partial charge is 0.505 e. The fourth-order valence-corrected chi connectivity index (χ4v) is 4.82. The number of halogens is 9. The van der Waals surface area contributed by atoms with Crippen LogP contribution in [0.4, 0.5) is 30.7 Å². The van der Waals surface area contributed by atoms with Crippen LogP contribution in [0.5, 0.6) is 5.75 Å². The van der Waals surface area contributed by atoms with E-state index in [1.165, 1.54) is 17.0 Å². The monoisotopic (exact) mass is 641 g/mol. The number of amides is 1. The molecule has 1 aromatic heterocycles. The van der Waals surface area contributed by atoms with Crippen molar-refractivity contribution in [1.82, 2.24) is 14.8 Å². The van der Waals surface area contributed by atoms with Gasteiger partial charge in [-0.15, -0.1) is 24.8 Å². The molecule has 1 aliphatic heterocycles. The van der Waals surface area contributed by atoms with Crippen LogP contribution in [0.25, 0.3) is 0 Å². The van der Waals surface area contributed by atoms with Crippen molar-refractivity contribution in [3.63, 3.8) is 0 Å². The molecule has 0 aliphatic carbocycles. The molecule has 2 heterocycles. The molecule has 1 atom stereocenters. The van der Waals surface area contributed by atoms with Crippen LogP contribution in [0.15, 0.2) is 60.9 Å². The minimum atomic E-state index is -5.09. The second kappa shape index (κ2) is 14.4. The third-order valence-corrected chi connectivity index (χ3v) is 6.81. The number of aromatic hydroxyl groups is 1. The highest BCUT2D eigenvalue weighted by molar-refractivity contribution is 5.95. The Kier molecular flexibility index (Phi) is 12.0. The molecular formula is C28H28Cl2F7N3O2. The van der Waals surface area contributed by atoms with Gasteiger partial charge in [-0.05, 0) is 73.3 Å². The van der Waals surface area contributed by atoms with Crippen LogP contribution in [-0.4, -0.2) is 58.0 Å². The zero-order valence-corrected chi connectivity index (χ0v) is 23.6. The molecule has 0 unspecified atom stereocenters. The van der Waals surface area contributed by atoms with E-state index in [-0.39, 0.29) is 50.4 Å². The van der Waals surface area contributed by atoms with Crippen LogP contribution < -0.4 is 0 Å². The standard InChI is InChI=1S/C28H26F7N3O2.2ClH/c29-24-6-5-19(12-25(24)39)11-23-17-37(8-2-4-18-3-1-7-36-16-18)9-10-38(23)26(40)20-13-21(27(30,31)32)15-22(14-20)28(33,34)35;;/h1,3,5-7,12-16,23,39H,2,4,8-11,17H2;2*1H/t23-;;/m1../s1. The molecule has 2 aromatic carbocycles. The van der Waals surface area contributed by atoms with Crippen molar-refractivity contribution in [2.75, 3.05) is 26.2 Å². The van der Waals surface area contributed by atoms with Gasteiger partial charge in [0.1, 0.15) is 0 Å². The van der Waals surface area contributed by atoms with Crippen molar-refractivity contribution >= 4 is 30.7 Å². The van der Waals surface area contributed by atoms with Crippen molar-refractivity contribution in [3.8, 4) is 5.75 Å². The van der Waals surface area contributed by atoms with Crippen LogP contribution in [-0.2, 0) is 25.2 Å². The molecule has 4 rings (SSSR count). The van der Waals surface area contributed by atoms with Crippen LogP contribution in [0.2, 0.25) is 0 Å². The first kappa shape index (κ1) is 35.1. The third-order valence-electron chi connectivity index (χ3n) is 6.81. The van der Waals surface area contributed by atoms with E-state index in [0.717, 1.165) is 24.5 Å². The zero-order valence-electron chi connectivity index (χ0n) is 22.0. The molecule has 3 aromatic rings. The first-order chi connectivity index (χ1) is 18.8. The molecule has 42 heavy (non-hydrogen) atoms. The second-order valence-electron chi connectivity index (χ2n) is 9.70. The Bertz CT molecular complexity index is 1310. The predicted octanol–water partition coefficient (Wildman–Crippen LogP) is 6.81. The number of carbonyl (C=O) groups is 1. The van der Waals surface area contributed by atoms with Crippen LogP contribution in [0.3, 0.4) is 0 Å². The number of alkyl halides is 6. The normalized spacial score (nSPS) is 16.0. The average Bonchev–Trinajstić information content (AvgIpc) is 2.90. The molecule has 0 saturated carbocycles. The third kappa shape index (κ3) is 8.95. The van der Waals surface area contributed by atoms with Crippen molar-refractivity contribution in [2.45, 2.75) is 37.7 Å². The van der Waals surface area contributed by atoms with Crippen LogP contribution in [0.1, 0.15) is 39.0 Å². The number of pyridine rings is 1. The Morgan fingerprint density at radius 1 is 0.929 bits per heavy atom. The minimum absolute atomic E-state index is 0. The quantitative estimate of drug-likeness (QED) is 0.288. The number of aryl methyl sites for hydroxylation is 1. The van der Waals surface area contributed by atoms with Gasteiger partial charge in [-0.2, -0.15) is 26.3 Å². The van der Waals surface area contributed by atoms with Gasteiger partial charge >= 0.3 is 12.4 Å². The van der Waals surface area contributed by atoms with Crippen LogP contribution in [0, 0.1) is 5.82 Å². The maximum atomic E-state index is 13.6. The minimum Gasteiger partial charge on any atom is -0.505 e. The number of aromatic nitrogens is 1. The summed E-state index contributed by atoms with van der Waals surface area (Å²) >= 11 is 0. The predicted molar refractivity (Wildman–Crippen MR) is 147 cm³/mol. The smallest absolute Gasteiger partial charge is 0.416 e. The number of nitrogens with zero attached hydrogens (tertiary/aromatic N) is 3. The molecule has 14 heteroatoms. The molecule has 1 saturated heterocycles. The molecule has 1 N–H and O–H groups in total. The van der Waals surface area contributed by atoms with E-state index in [9.17, 15) is 40.6 Å². The molecule has 0 spiro atoms. The lowest BCUT2D eigenvalue weighted by atomic mass is 9.98. The highest BCUT2D eigenvalue weighted by Gasteiger charge is 2.39. The van der Waals surface area contributed by atoms with E-state index in [0.29, 0.717) is 30.8 Å². The highest BCUT2D eigenvalue weighted by Crippen LogP contribution is 2.37. The van der Waals surface area contributed by atoms with E-state index < -0.39 is 52.6 Å². The average molecular weight is 642 g/mol. The Labute approximate surface area is 250 Å². The Balaban J connectivity index is 0.00000308. The summed E-state index contributed by atoms with van der Waals surface area (Å²) in [6.07, 6.45) is -5.16. The fourth-order valence-electron chi connectivity index (χ4n) is 4.82. The first-order valence-corrected chi connectivity index (χ1v) is 12.5. The fraction of sp³-hybridized carbons (Fsp3) is 0.357. The number of phenolic OH excluding ortho intramolecular Hbond substituents is 1. The van der Waals surface area contributed by atoms with Crippen molar-refractivity contribution in [1.29, 1.82) is 0 Å². The van der Waals surface area contributed by atoms with Crippen molar-refractivity contribution in [2.24, 2.45) is 0 Å². The first-order valence-electron chi connectivity index (χ1n) is 12.5. The summed E-state index contributed by atoms with van der Waals surface area (Å²) in [5.41, 5.74) is -2.36. The summed E-state index contributed by atoms with van der Waals surface area (Å²) in [5, 5.41) is 9.79. The maximum absolute atomic E-state index is 13.6. The number of benzene rings is 2. The molecule has 1 fully saturated rings. The van der Waals surface area contributed by atoms with Gasteiger partial charge in [-0.3, -0.25) is 14.7 Å². The lowest BCUT2D eigenvalue weighted by Crippen LogP contribution is -2.56. The molecule has 0 radical (unpaired) electrons. The Morgan fingerprint density at radius 3 is 2.17 bits per heavy atom. The Hall–Kier alpha value is -3.09. The highest BCUT2D eigenvalue weighted by atomic mass is 35.5. The van der Waals surface area contributed by atoms with E-state index in [2.05, 4.69) is 9.88 Å². The van der Waals surface area contributed by atoms with Gasteiger partial charge in [-0.25, -0.2) is 4.39 Å². The van der Waals surface area contributed by atoms with Gasteiger partial charge in [0.25, 0.3) is 5.91 Å². The lowest BCUT2D eigenvalue weighted by molar-refractivity contribution is -0.143. The molecule has 0 bridgehead atoms. The lowest BCUT2D eigenvalue weighted by Gasteiger charge is -2.42. The summed E-state index contributed by atoms with van der Waals surface area (Å²) in [6.45, 7) is 1.32. The van der Waals surface area contributed by atoms with Gasteiger partial charge < -0.3 is 10.0 Å². The number of hydrogen-bond donors (Lipinski definition) is 1. The number of hydrogen-bond acceptors (Lipinski definition) is 4. The summed E-state index contributed by atoms with van der Waals surface area (Å²) in [5.74, 6) is -2.42. The van der Waals surface area contributed by atoms with Gasteiger partial charge in [0.15, 0.2) is 11.6 Å². The second-order valence-corrected chi connectivity index (χ2v) is 9.70.